The minimum absolute atomic E-state index is 0.209. The molecule has 1 aromatic heterocycles. The molecule has 1 aliphatic heterocycles. The largest absolute Gasteiger partial charge is 0.497 e. The third kappa shape index (κ3) is 2.95. The monoisotopic (exact) mass is 363 g/mol. The van der Waals surface area contributed by atoms with Crippen LogP contribution in [-0.4, -0.2) is 23.4 Å². The van der Waals surface area contributed by atoms with Crippen molar-refractivity contribution in [3.05, 3.63) is 59.5 Å². The Hall–Kier alpha value is -3.54. The number of aromatic nitrogens is 1. The molecule has 0 bridgehead atoms. The van der Waals surface area contributed by atoms with Crippen LogP contribution in [0, 0.1) is 0 Å². The van der Waals surface area contributed by atoms with Crippen molar-refractivity contribution in [1.29, 1.82) is 0 Å². The lowest BCUT2D eigenvalue weighted by Crippen LogP contribution is -2.01. The van der Waals surface area contributed by atoms with Crippen LogP contribution in [0.3, 0.4) is 0 Å². The fraction of sp³-hybridized carbons (Fsp3) is 0.143. The summed E-state index contributed by atoms with van der Waals surface area (Å²) in [5.74, 6) is 1.04. The maximum Gasteiger partial charge on any atom is 0.308 e. The smallest absolute Gasteiger partial charge is 0.308 e. The van der Waals surface area contributed by atoms with Gasteiger partial charge in [-0.3, -0.25) is 9.59 Å². The lowest BCUT2D eigenvalue weighted by Gasteiger charge is -2.02. The summed E-state index contributed by atoms with van der Waals surface area (Å²) in [5.41, 5.74) is 2.31. The van der Waals surface area contributed by atoms with Gasteiger partial charge in [-0.15, -0.1) is 0 Å². The molecule has 0 radical (unpaired) electrons. The minimum Gasteiger partial charge on any atom is -0.497 e. The number of ether oxygens (including phenoxy) is 3. The number of nitrogens with zero attached hydrogens (tertiary/aromatic N) is 1. The Labute approximate surface area is 155 Å². The van der Waals surface area contributed by atoms with Crippen molar-refractivity contribution in [2.45, 2.75) is 6.92 Å². The van der Waals surface area contributed by atoms with Gasteiger partial charge in [-0.2, -0.15) is 0 Å². The number of hydrogen-bond acceptors (Lipinski definition) is 5. The number of benzene rings is 2. The van der Waals surface area contributed by atoms with Gasteiger partial charge in [-0.1, -0.05) is 0 Å². The van der Waals surface area contributed by atoms with Gasteiger partial charge in [0.05, 0.1) is 12.7 Å². The van der Waals surface area contributed by atoms with E-state index in [1.807, 2.05) is 36.0 Å². The number of aryl methyl sites for hydroxylation is 1. The zero-order valence-electron chi connectivity index (χ0n) is 15.1. The minimum atomic E-state index is -0.431. The SMILES string of the molecule is COc1ccc2c(c1)c(C=C1Oc3cc(OC(C)=O)ccc3C1=O)cn2C. The van der Waals surface area contributed by atoms with Gasteiger partial charge in [0.2, 0.25) is 5.78 Å². The highest BCUT2D eigenvalue weighted by atomic mass is 16.5. The highest BCUT2D eigenvalue weighted by Gasteiger charge is 2.28. The number of carbonyl (C=O) groups is 2. The standard InChI is InChI=1S/C21H17NO5/c1-12(23)26-15-4-6-16-19(10-15)27-20(21(16)24)8-13-11-22(2)18-7-5-14(25-3)9-17(13)18/h4-11H,1-3H3. The Balaban J connectivity index is 1.74. The van der Waals surface area contributed by atoms with E-state index in [1.165, 1.54) is 6.92 Å². The van der Waals surface area contributed by atoms with Gasteiger partial charge < -0.3 is 18.8 Å². The molecule has 0 spiro atoms. The molecular weight excluding hydrogens is 346 g/mol. The van der Waals surface area contributed by atoms with Crippen LogP contribution < -0.4 is 14.2 Å². The highest BCUT2D eigenvalue weighted by molar-refractivity contribution is 6.15. The van der Waals surface area contributed by atoms with Crippen LogP contribution in [0.25, 0.3) is 17.0 Å². The van der Waals surface area contributed by atoms with E-state index in [4.69, 9.17) is 14.2 Å². The van der Waals surface area contributed by atoms with E-state index in [1.54, 1.807) is 31.4 Å². The predicted molar refractivity (Wildman–Crippen MR) is 100 cm³/mol. The maximum absolute atomic E-state index is 12.7. The number of hydrogen-bond donors (Lipinski definition) is 0. The fourth-order valence-electron chi connectivity index (χ4n) is 3.18. The summed E-state index contributed by atoms with van der Waals surface area (Å²) in [5, 5.41) is 0.956. The average molecular weight is 363 g/mol. The Bertz CT molecular complexity index is 1120. The highest BCUT2D eigenvalue weighted by Crippen LogP contribution is 2.36. The van der Waals surface area contributed by atoms with Gasteiger partial charge in [0.25, 0.3) is 0 Å². The Kier molecular flexibility index (Phi) is 3.96. The van der Waals surface area contributed by atoms with E-state index in [0.717, 1.165) is 22.2 Å². The lowest BCUT2D eigenvalue weighted by molar-refractivity contribution is -0.131. The zero-order valence-corrected chi connectivity index (χ0v) is 15.1. The number of ketones is 1. The normalized spacial score (nSPS) is 14.3. The third-order valence-corrected chi connectivity index (χ3v) is 4.42. The second-order valence-electron chi connectivity index (χ2n) is 6.27. The van der Waals surface area contributed by atoms with Gasteiger partial charge in [-0.05, 0) is 36.4 Å². The summed E-state index contributed by atoms with van der Waals surface area (Å²) in [6.45, 7) is 1.32. The molecule has 0 unspecified atom stereocenters. The fourth-order valence-corrected chi connectivity index (χ4v) is 3.18. The van der Waals surface area contributed by atoms with Crippen molar-refractivity contribution >= 4 is 28.7 Å². The molecule has 0 aliphatic carbocycles. The second-order valence-corrected chi connectivity index (χ2v) is 6.27. The lowest BCUT2D eigenvalue weighted by atomic mass is 10.1. The van der Waals surface area contributed by atoms with Crippen LogP contribution in [0.2, 0.25) is 0 Å². The number of rotatable bonds is 3. The molecule has 6 nitrogen and oxygen atoms in total. The van der Waals surface area contributed by atoms with Crippen LogP contribution >= 0.6 is 0 Å². The Morgan fingerprint density at radius 1 is 1.15 bits per heavy atom. The van der Waals surface area contributed by atoms with Crippen LogP contribution in [0.4, 0.5) is 0 Å². The van der Waals surface area contributed by atoms with Crippen molar-refractivity contribution in [2.75, 3.05) is 7.11 Å². The molecule has 0 fully saturated rings. The van der Waals surface area contributed by atoms with Crippen molar-refractivity contribution in [3.63, 3.8) is 0 Å². The number of fused-ring (bicyclic) bond motifs is 2. The van der Waals surface area contributed by atoms with Gasteiger partial charge in [0.1, 0.15) is 17.2 Å². The molecule has 4 rings (SSSR count). The van der Waals surface area contributed by atoms with E-state index in [0.29, 0.717) is 17.1 Å². The molecule has 3 aromatic rings. The molecule has 0 saturated carbocycles. The van der Waals surface area contributed by atoms with E-state index in [9.17, 15) is 9.59 Å². The Morgan fingerprint density at radius 2 is 1.93 bits per heavy atom. The summed E-state index contributed by atoms with van der Waals surface area (Å²) in [4.78, 5) is 23.8. The average Bonchev–Trinajstić information content (AvgIpc) is 3.11. The van der Waals surface area contributed by atoms with Gasteiger partial charge in [-0.25, -0.2) is 0 Å². The van der Waals surface area contributed by atoms with E-state index in [-0.39, 0.29) is 11.5 Å². The molecule has 0 saturated heterocycles. The number of esters is 1. The molecule has 136 valence electrons. The maximum atomic E-state index is 12.7. The molecule has 0 amide bonds. The van der Waals surface area contributed by atoms with Crippen LogP contribution in [0.5, 0.6) is 17.2 Å². The molecule has 1 aliphatic rings. The summed E-state index contributed by atoms with van der Waals surface area (Å²) in [6.07, 6.45) is 3.65. The predicted octanol–water partition coefficient (Wildman–Crippen LogP) is 3.73. The van der Waals surface area contributed by atoms with Crippen molar-refractivity contribution < 1.29 is 23.8 Å². The van der Waals surface area contributed by atoms with Crippen LogP contribution in [-0.2, 0) is 11.8 Å². The van der Waals surface area contributed by atoms with E-state index < -0.39 is 5.97 Å². The number of methoxy groups -OCH3 is 1. The van der Waals surface area contributed by atoms with Crippen LogP contribution in [0.1, 0.15) is 22.8 Å². The van der Waals surface area contributed by atoms with Crippen molar-refractivity contribution in [3.8, 4) is 17.2 Å². The molecule has 27 heavy (non-hydrogen) atoms. The topological polar surface area (TPSA) is 66.8 Å². The molecule has 2 aromatic carbocycles. The summed E-state index contributed by atoms with van der Waals surface area (Å²) in [7, 11) is 3.55. The van der Waals surface area contributed by atoms with Gasteiger partial charge in [0.15, 0.2) is 5.76 Å². The quantitative estimate of drug-likeness (QED) is 0.403. The van der Waals surface area contributed by atoms with Crippen molar-refractivity contribution in [1.82, 2.24) is 4.57 Å². The molecule has 0 atom stereocenters. The van der Waals surface area contributed by atoms with Gasteiger partial charge >= 0.3 is 5.97 Å². The second kappa shape index (κ2) is 6.32. The van der Waals surface area contributed by atoms with Crippen LogP contribution in [0.15, 0.2) is 48.4 Å². The first-order valence-corrected chi connectivity index (χ1v) is 8.36. The zero-order chi connectivity index (χ0) is 19.1. The summed E-state index contributed by atoms with van der Waals surface area (Å²) < 4.78 is 18.1. The molecule has 2 heterocycles. The van der Waals surface area contributed by atoms with E-state index in [2.05, 4.69) is 0 Å². The summed E-state index contributed by atoms with van der Waals surface area (Å²) >= 11 is 0. The molecule has 6 heteroatoms. The molecular formula is C21H17NO5. The number of Topliss-reactive ketones (excluding diaryl/α,β-unsaturated/α-hetero) is 1. The number of allylic oxidation sites excluding steroid dienone is 1. The first-order chi connectivity index (χ1) is 13.0. The number of carbonyl (C=O) groups excluding carboxylic acids is 2. The summed E-state index contributed by atoms with van der Waals surface area (Å²) in [6, 6.07) is 10.5. The molecule has 0 N–H and O–H groups in total. The van der Waals surface area contributed by atoms with Gasteiger partial charge in [0, 0.05) is 42.7 Å². The first-order valence-electron chi connectivity index (χ1n) is 8.36. The first kappa shape index (κ1) is 16.9. The third-order valence-electron chi connectivity index (χ3n) is 4.42. The van der Waals surface area contributed by atoms with Crippen molar-refractivity contribution in [2.24, 2.45) is 7.05 Å². The van der Waals surface area contributed by atoms with E-state index >= 15 is 0 Å². The Morgan fingerprint density at radius 3 is 2.67 bits per heavy atom.